The smallest absolute Gasteiger partial charge is 0.227 e. The Morgan fingerprint density at radius 2 is 1.90 bits per heavy atom. The standard InChI is InChI=1S/C22H22FN3O4S/c1-25-12-11-24-22(25)31(28,29)20-14-26(15-20)21(27)10-5-16-3-2-4-19(13-16)30-18-8-6-17(23)7-9-18/h2-4,6-9,11-13,20H,5,10,14-15H2,1H3. The van der Waals surface area contributed by atoms with E-state index in [1.165, 1.54) is 22.9 Å². The van der Waals surface area contributed by atoms with Crippen LogP contribution in [0.4, 0.5) is 4.39 Å². The molecule has 0 radical (unpaired) electrons. The summed E-state index contributed by atoms with van der Waals surface area (Å²) in [5.74, 6) is 0.702. The molecule has 0 saturated carbocycles. The van der Waals surface area contributed by atoms with Gasteiger partial charge in [-0.2, -0.15) is 0 Å². The summed E-state index contributed by atoms with van der Waals surface area (Å²) in [5.41, 5.74) is 0.922. The second kappa shape index (κ2) is 8.50. The minimum absolute atomic E-state index is 0.0302. The van der Waals surface area contributed by atoms with Crippen LogP contribution in [0, 0.1) is 5.82 Å². The molecule has 2 heterocycles. The van der Waals surface area contributed by atoms with Gasteiger partial charge in [0.2, 0.25) is 20.9 Å². The number of hydrogen-bond donors (Lipinski definition) is 0. The van der Waals surface area contributed by atoms with Crippen LogP contribution < -0.4 is 4.74 Å². The molecule has 1 aromatic heterocycles. The number of ether oxygens (including phenoxy) is 1. The summed E-state index contributed by atoms with van der Waals surface area (Å²) in [4.78, 5) is 18.0. The Labute approximate surface area is 180 Å². The van der Waals surface area contributed by atoms with Crippen molar-refractivity contribution in [1.82, 2.24) is 14.5 Å². The lowest BCUT2D eigenvalue weighted by Gasteiger charge is -2.38. The van der Waals surface area contributed by atoms with Crippen molar-refractivity contribution in [3.8, 4) is 11.5 Å². The SMILES string of the molecule is Cn1ccnc1S(=O)(=O)C1CN(C(=O)CCc2cccc(Oc3ccc(F)cc3)c2)C1. The van der Waals surface area contributed by atoms with Gasteiger partial charge in [0.25, 0.3) is 0 Å². The Morgan fingerprint density at radius 3 is 2.58 bits per heavy atom. The fourth-order valence-corrected chi connectivity index (χ4v) is 5.15. The van der Waals surface area contributed by atoms with E-state index in [0.717, 1.165) is 5.56 Å². The van der Waals surface area contributed by atoms with Crippen molar-refractivity contribution < 1.29 is 22.3 Å². The molecule has 0 N–H and O–H groups in total. The quantitative estimate of drug-likeness (QED) is 0.561. The van der Waals surface area contributed by atoms with E-state index in [2.05, 4.69) is 4.98 Å². The zero-order chi connectivity index (χ0) is 22.0. The lowest BCUT2D eigenvalue weighted by atomic mass is 10.1. The molecule has 0 spiro atoms. The van der Waals surface area contributed by atoms with Gasteiger partial charge in [0.05, 0.1) is 0 Å². The number of carbonyl (C=O) groups is 1. The molecule has 1 fully saturated rings. The molecule has 1 aliphatic heterocycles. The first-order valence-corrected chi connectivity index (χ1v) is 11.4. The van der Waals surface area contributed by atoms with E-state index < -0.39 is 15.1 Å². The molecule has 31 heavy (non-hydrogen) atoms. The van der Waals surface area contributed by atoms with Gasteiger partial charge in [0.1, 0.15) is 22.6 Å². The van der Waals surface area contributed by atoms with Crippen molar-refractivity contribution in [2.24, 2.45) is 7.05 Å². The van der Waals surface area contributed by atoms with Crippen molar-refractivity contribution in [1.29, 1.82) is 0 Å². The van der Waals surface area contributed by atoms with Crippen molar-refractivity contribution in [3.63, 3.8) is 0 Å². The van der Waals surface area contributed by atoms with Crippen LogP contribution in [0.2, 0.25) is 0 Å². The lowest BCUT2D eigenvalue weighted by Crippen LogP contribution is -2.57. The number of halogens is 1. The van der Waals surface area contributed by atoms with E-state index in [-0.39, 0.29) is 36.4 Å². The van der Waals surface area contributed by atoms with E-state index in [9.17, 15) is 17.6 Å². The molecule has 0 bridgehead atoms. The lowest BCUT2D eigenvalue weighted by molar-refractivity contribution is -0.134. The van der Waals surface area contributed by atoms with Crippen molar-refractivity contribution in [3.05, 3.63) is 72.3 Å². The number of carbonyl (C=O) groups excluding carboxylic acids is 1. The molecule has 3 aromatic rings. The van der Waals surface area contributed by atoms with Crippen molar-refractivity contribution in [2.75, 3.05) is 13.1 Å². The van der Waals surface area contributed by atoms with Crippen LogP contribution in [0.25, 0.3) is 0 Å². The van der Waals surface area contributed by atoms with Gasteiger partial charge in [-0.05, 0) is 48.4 Å². The Morgan fingerprint density at radius 1 is 1.16 bits per heavy atom. The average molecular weight is 444 g/mol. The van der Waals surface area contributed by atoms with E-state index >= 15 is 0 Å². The van der Waals surface area contributed by atoms with E-state index in [0.29, 0.717) is 17.9 Å². The van der Waals surface area contributed by atoms with Crippen LogP contribution >= 0.6 is 0 Å². The highest BCUT2D eigenvalue weighted by molar-refractivity contribution is 7.92. The molecule has 4 rings (SSSR count). The third-order valence-electron chi connectivity index (χ3n) is 5.25. The van der Waals surface area contributed by atoms with Crippen LogP contribution in [0.3, 0.4) is 0 Å². The van der Waals surface area contributed by atoms with Gasteiger partial charge >= 0.3 is 0 Å². The number of aryl methyl sites for hydroxylation is 2. The van der Waals surface area contributed by atoms with Crippen LogP contribution in [-0.4, -0.2) is 47.1 Å². The molecule has 9 heteroatoms. The van der Waals surface area contributed by atoms with Gasteiger partial charge in [-0.15, -0.1) is 0 Å². The topological polar surface area (TPSA) is 81.5 Å². The van der Waals surface area contributed by atoms with Gasteiger partial charge in [-0.1, -0.05) is 12.1 Å². The number of rotatable bonds is 7. The number of benzene rings is 2. The number of sulfone groups is 1. The summed E-state index contributed by atoms with van der Waals surface area (Å²) in [6.07, 6.45) is 3.81. The molecule has 1 aliphatic rings. The highest BCUT2D eigenvalue weighted by Gasteiger charge is 2.42. The summed E-state index contributed by atoms with van der Waals surface area (Å²) in [7, 11) is -1.91. The van der Waals surface area contributed by atoms with Crippen LogP contribution in [0.1, 0.15) is 12.0 Å². The molecule has 7 nitrogen and oxygen atoms in total. The number of amides is 1. The second-order valence-corrected chi connectivity index (χ2v) is 9.61. The maximum atomic E-state index is 13.0. The molecular weight excluding hydrogens is 421 g/mol. The first-order valence-electron chi connectivity index (χ1n) is 9.84. The summed E-state index contributed by atoms with van der Waals surface area (Å²) in [6.45, 7) is 0.365. The summed E-state index contributed by atoms with van der Waals surface area (Å²) in [5, 5.41) is -0.590. The molecular formula is C22H22FN3O4S. The van der Waals surface area contributed by atoms with E-state index in [1.54, 1.807) is 36.3 Å². The highest BCUT2D eigenvalue weighted by Crippen LogP contribution is 2.25. The van der Waals surface area contributed by atoms with Gasteiger partial charge in [-0.25, -0.2) is 17.8 Å². The number of aromatic nitrogens is 2. The summed E-state index contributed by atoms with van der Waals surface area (Å²) < 4.78 is 45.4. The maximum Gasteiger partial charge on any atom is 0.227 e. The van der Waals surface area contributed by atoms with Gasteiger partial charge in [0, 0.05) is 39.0 Å². The Bertz CT molecular complexity index is 1190. The highest BCUT2D eigenvalue weighted by atomic mass is 32.2. The molecule has 1 saturated heterocycles. The molecule has 2 aromatic carbocycles. The largest absolute Gasteiger partial charge is 0.457 e. The van der Waals surface area contributed by atoms with Gasteiger partial charge < -0.3 is 14.2 Å². The molecule has 0 atom stereocenters. The third-order valence-corrected chi connectivity index (χ3v) is 7.32. The van der Waals surface area contributed by atoms with Gasteiger partial charge in [0.15, 0.2) is 0 Å². The first-order chi connectivity index (χ1) is 14.8. The monoisotopic (exact) mass is 443 g/mol. The van der Waals surface area contributed by atoms with E-state index in [1.807, 2.05) is 18.2 Å². The first kappa shape index (κ1) is 21.0. The van der Waals surface area contributed by atoms with Crippen LogP contribution in [0.15, 0.2) is 66.1 Å². The normalized spacial score (nSPS) is 14.3. The predicted octanol–water partition coefficient (Wildman–Crippen LogP) is 2.97. The molecule has 0 aliphatic carbocycles. The summed E-state index contributed by atoms with van der Waals surface area (Å²) >= 11 is 0. The number of nitrogens with zero attached hydrogens (tertiary/aromatic N) is 3. The van der Waals surface area contributed by atoms with Gasteiger partial charge in [-0.3, -0.25) is 4.79 Å². The fourth-order valence-electron chi connectivity index (χ4n) is 3.43. The second-order valence-electron chi connectivity index (χ2n) is 7.49. The fraction of sp³-hybridized carbons (Fsp3) is 0.273. The van der Waals surface area contributed by atoms with E-state index in [4.69, 9.17) is 4.74 Å². The molecule has 1 amide bonds. The number of imidazole rings is 1. The number of likely N-dealkylation sites (tertiary alicyclic amines) is 1. The number of hydrogen-bond acceptors (Lipinski definition) is 5. The minimum atomic E-state index is -3.54. The van der Waals surface area contributed by atoms with Crippen LogP contribution in [0.5, 0.6) is 11.5 Å². The Kier molecular flexibility index (Phi) is 5.77. The van der Waals surface area contributed by atoms with Crippen molar-refractivity contribution >= 4 is 15.7 Å². The maximum absolute atomic E-state index is 13.0. The summed E-state index contributed by atoms with van der Waals surface area (Å²) in [6, 6.07) is 13.1. The van der Waals surface area contributed by atoms with Crippen LogP contribution in [-0.2, 0) is 28.1 Å². The van der Waals surface area contributed by atoms with Crippen molar-refractivity contribution in [2.45, 2.75) is 23.2 Å². The molecule has 162 valence electrons. The third kappa shape index (κ3) is 4.61. The Hall–Kier alpha value is -3.20. The molecule has 0 unspecified atom stereocenters. The zero-order valence-corrected chi connectivity index (χ0v) is 17.8. The minimum Gasteiger partial charge on any atom is -0.457 e. The average Bonchev–Trinajstić information content (AvgIpc) is 3.14. The predicted molar refractivity (Wildman–Crippen MR) is 112 cm³/mol. The zero-order valence-electron chi connectivity index (χ0n) is 16.9. The Balaban J connectivity index is 1.30.